The number of hydrogen-bond donors (Lipinski definition) is 2. The molecule has 2 N–H and O–H groups in total. The number of likely N-dealkylation sites (N-methyl/N-ethyl adjacent to an activating group) is 1. The maximum atomic E-state index is 4.66. The summed E-state index contributed by atoms with van der Waals surface area (Å²) >= 11 is 0. The monoisotopic (exact) mass is 399 g/mol. The smallest absolute Gasteiger partial charge is 0.191 e. The van der Waals surface area contributed by atoms with Crippen LogP contribution >= 0.6 is 0 Å². The summed E-state index contributed by atoms with van der Waals surface area (Å²) in [5, 5.41) is 14.7. The van der Waals surface area contributed by atoms with Crippen molar-refractivity contribution in [1.29, 1.82) is 0 Å². The molecule has 2 aromatic heterocycles. The lowest BCUT2D eigenvalue weighted by Gasteiger charge is -2.34. The summed E-state index contributed by atoms with van der Waals surface area (Å²) in [6.45, 7) is 12.0. The number of nitrogens with zero attached hydrogens (tertiary/aromatic N) is 7. The lowest BCUT2D eigenvalue weighted by molar-refractivity contribution is 0.270. The van der Waals surface area contributed by atoms with Crippen molar-refractivity contribution in [2.75, 3.05) is 51.2 Å². The summed E-state index contributed by atoms with van der Waals surface area (Å²) in [5.74, 6) is 2.83. The van der Waals surface area contributed by atoms with E-state index >= 15 is 0 Å². The molecule has 29 heavy (non-hydrogen) atoms. The molecular formula is C20H33N9. The van der Waals surface area contributed by atoms with E-state index in [0.29, 0.717) is 6.54 Å². The van der Waals surface area contributed by atoms with Crippen LogP contribution in [0.15, 0.2) is 29.6 Å². The van der Waals surface area contributed by atoms with Crippen LogP contribution in [0, 0.1) is 0 Å². The number of aryl methyl sites for hydroxylation is 1. The second-order valence-corrected chi connectivity index (χ2v) is 7.09. The van der Waals surface area contributed by atoms with Gasteiger partial charge in [-0.05, 0) is 18.2 Å². The predicted octanol–water partition coefficient (Wildman–Crippen LogP) is 0.743. The summed E-state index contributed by atoms with van der Waals surface area (Å²) in [4.78, 5) is 13.8. The maximum Gasteiger partial charge on any atom is 0.191 e. The largest absolute Gasteiger partial charge is 0.355 e. The van der Waals surface area contributed by atoms with Crippen LogP contribution in [0.3, 0.4) is 0 Å². The van der Waals surface area contributed by atoms with Gasteiger partial charge in [-0.1, -0.05) is 19.9 Å². The van der Waals surface area contributed by atoms with E-state index in [9.17, 15) is 0 Å². The topological polar surface area (TPSA) is 86.5 Å². The van der Waals surface area contributed by atoms with Crippen LogP contribution in [0.25, 0.3) is 0 Å². The molecule has 0 bridgehead atoms. The number of aromatic nitrogens is 4. The van der Waals surface area contributed by atoms with Crippen LogP contribution in [0.4, 0.5) is 5.82 Å². The molecule has 9 nitrogen and oxygen atoms in total. The molecule has 9 heteroatoms. The summed E-state index contributed by atoms with van der Waals surface area (Å²) < 4.78 is 2.06. The standard InChI is InChI=1S/C20H33N9/c1-4-18-26-25-16-29(18)9-8-22-20(21-3)24-15-17-6-7-19(23-14-17)28-12-10-27(5-2)11-13-28/h6-7,14,16H,4-5,8-13,15H2,1-3H3,(H2,21,22,24). The Kier molecular flexibility index (Phi) is 7.80. The first kappa shape index (κ1) is 21.0. The number of nitrogens with one attached hydrogen (secondary N) is 2. The third kappa shape index (κ3) is 5.90. The minimum atomic E-state index is 0.684. The number of pyridine rings is 1. The predicted molar refractivity (Wildman–Crippen MR) is 116 cm³/mol. The zero-order valence-electron chi connectivity index (χ0n) is 17.8. The van der Waals surface area contributed by atoms with E-state index in [1.54, 1.807) is 13.4 Å². The highest BCUT2D eigenvalue weighted by molar-refractivity contribution is 5.79. The highest BCUT2D eigenvalue weighted by Crippen LogP contribution is 2.14. The van der Waals surface area contributed by atoms with Crippen LogP contribution in [0.5, 0.6) is 0 Å². The van der Waals surface area contributed by atoms with Crippen molar-refractivity contribution in [2.24, 2.45) is 4.99 Å². The first-order valence-electron chi connectivity index (χ1n) is 10.5. The third-order valence-corrected chi connectivity index (χ3v) is 5.29. The number of guanidine groups is 1. The van der Waals surface area contributed by atoms with Gasteiger partial charge < -0.3 is 25.0 Å². The molecule has 0 radical (unpaired) electrons. The molecule has 0 aromatic carbocycles. The molecule has 0 saturated carbocycles. The molecule has 2 aromatic rings. The third-order valence-electron chi connectivity index (χ3n) is 5.29. The van der Waals surface area contributed by atoms with E-state index < -0.39 is 0 Å². The Bertz CT molecular complexity index is 761. The number of anilines is 1. The highest BCUT2D eigenvalue weighted by Gasteiger charge is 2.16. The number of rotatable bonds is 8. The fraction of sp³-hybridized carbons (Fsp3) is 0.600. The molecule has 1 fully saturated rings. The van der Waals surface area contributed by atoms with Gasteiger partial charge in [0, 0.05) is 65.5 Å². The van der Waals surface area contributed by atoms with Gasteiger partial charge in [0.05, 0.1) is 0 Å². The van der Waals surface area contributed by atoms with Crippen molar-refractivity contribution in [3.8, 4) is 0 Å². The first-order chi connectivity index (χ1) is 14.2. The summed E-state index contributed by atoms with van der Waals surface area (Å²) in [6.07, 6.45) is 4.60. The van der Waals surface area contributed by atoms with Gasteiger partial charge in [-0.15, -0.1) is 10.2 Å². The van der Waals surface area contributed by atoms with E-state index in [0.717, 1.165) is 75.4 Å². The number of aliphatic imine (C=N–C) groups is 1. The van der Waals surface area contributed by atoms with E-state index in [1.807, 2.05) is 6.20 Å². The highest BCUT2D eigenvalue weighted by atomic mass is 15.3. The average molecular weight is 400 g/mol. The average Bonchev–Trinajstić information content (AvgIpc) is 3.24. The van der Waals surface area contributed by atoms with Gasteiger partial charge in [-0.2, -0.15) is 0 Å². The normalized spacial score (nSPS) is 15.6. The Balaban J connectivity index is 1.42. The van der Waals surface area contributed by atoms with Gasteiger partial charge >= 0.3 is 0 Å². The Labute approximate surface area is 173 Å². The molecule has 3 heterocycles. The molecule has 0 aliphatic carbocycles. The van der Waals surface area contributed by atoms with Crippen molar-refractivity contribution in [1.82, 2.24) is 35.3 Å². The molecule has 1 aliphatic heterocycles. The first-order valence-corrected chi connectivity index (χ1v) is 10.5. The summed E-state index contributed by atoms with van der Waals surface area (Å²) in [5.41, 5.74) is 1.14. The molecule has 1 aliphatic rings. The molecule has 0 unspecified atom stereocenters. The quantitative estimate of drug-likeness (QED) is 0.500. The van der Waals surface area contributed by atoms with E-state index in [1.165, 1.54) is 0 Å². The van der Waals surface area contributed by atoms with E-state index in [4.69, 9.17) is 0 Å². The van der Waals surface area contributed by atoms with Crippen LogP contribution in [0.2, 0.25) is 0 Å². The second kappa shape index (κ2) is 10.8. The van der Waals surface area contributed by atoms with Crippen LogP contribution < -0.4 is 15.5 Å². The van der Waals surface area contributed by atoms with Crippen molar-refractivity contribution in [3.63, 3.8) is 0 Å². The lowest BCUT2D eigenvalue weighted by Crippen LogP contribution is -2.46. The van der Waals surface area contributed by atoms with Gasteiger partial charge in [0.15, 0.2) is 5.96 Å². The van der Waals surface area contributed by atoms with Crippen molar-refractivity contribution < 1.29 is 0 Å². The van der Waals surface area contributed by atoms with Crippen molar-refractivity contribution in [3.05, 3.63) is 36.0 Å². The van der Waals surface area contributed by atoms with E-state index in [-0.39, 0.29) is 0 Å². The van der Waals surface area contributed by atoms with Gasteiger partial charge in [-0.25, -0.2) is 4.98 Å². The van der Waals surface area contributed by atoms with Gasteiger partial charge in [0.25, 0.3) is 0 Å². The minimum absolute atomic E-state index is 0.684. The summed E-state index contributed by atoms with van der Waals surface area (Å²) in [6, 6.07) is 4.26. The zero-order valence-corrected chi connectivity index (χ0v) is 17.8. The molecule has 0 atom stereocenters. The molecule has 3 rings (SSSR count). The Morgan fingerprint density at radius 1 is 1.14 bits per heavy atom. The number of hydrogen-bond acceptors (Lipinski definition) is 6. The van der Waals surface area contributed by atoms with Crippen molar-refractivity contribution >= 4 is 11.8 Å². The molecule has 0 spiro atoms. The second-order valence-electron chi connectivity index (χ2n) is 7.09. The van der Waals surface area contributed by atoms with Crippen LogP contribution in [0.1, 0.15) is 25.2 Å². The van der Waals surface area contributed by atoms with E-state index in [2.05, 4.69) is 71.2 Å². The molecule has 158 valence electrons. The SMILES string of the molecule is CCc1nncn1CCNC(=NC)NCc1ccc(N2CCN(CC)CC2)nc1. The van der Waals surface area contributed by atoms with Gasteiger partial charge in [0.2, 0.25) is 0 Å². The molecule has 0 amide bonds. The van der Waals surface area contributed by atoms with Gasteiger partial charge in [0.1, 0.15) is 18.0 Å². The van der Waals surface area contributed by atoms with Gasteiger partial charge in [-0.3, -0.25) is 4.99 Å². The fourth-order valence-electron chi connectivity index (χ4n) is 3.44. The Morgan fingerprint density at radius 3 is 2.62 bits per heavy atom. The van der Waals surface area contributed by atoms with Crippen LogP contribution in [-0.4, -0.2) is 76.9 Å². The summed E-state index contributed by atoms with van der Waals surface area (Å²) in [7, 11) is 1.78. The lowest BCUT2D eigenvalue weighted by atomic mass is 10.2. The van der Waals surface area contributed by atoms with Crippen molar-refractivity contribution in [2.45, 2.75) is 33.4 Å². The Hall–Kier alpha value is -2.68. The maximum absolute atomic E-state index is 4.66. The minimum Gasteiger partial charge on any atom is -0.355 e. The zero-order chi connectivity index (χ0) is 20.5. The Morgan fingerprint density at radius 2 is 1.97 bits per heavy atom. The molecule has 1 saturated heterocycles. The van der Waals surface area contributed by atoms with Crippen LogP contribution in [-0.2, 0) is 19.5 Å². The molecular weight excluding hydrogens is 366 g/mol. The number of piperazine rings is 1. The fourth-order valence-corrected chi connectivity index (χ4v) is 3.44.